The van der Waals surface area contributed by atoms with Crippen LogP contribution >= 0.6 is 0 Å². The first kappa shape index (κ1) is 17.1. The zero-order valence-electron chi connectivity index (χ0n) is 14.1. The highest BCUT2D eigenvalue weighted by atomic mass is 16.5. The summed E-state index contributed by atoms with van der Waals surface area (Å²) in [7, 11) is 0. The van der Waals surface area contributed by atoms with Crippen LogP contribution in [0.5, 0.6) is 5.75 Å². The molecule has 0 radical (unpaired) electrons. The Hall–Kier alpha value is -2.29. The van der Waals surface area contributed by atoms with Crippen molar-refractivity contribution in [2.45, 2.75) is 33.2 Å². The fourth-order valence-corrected chi connectivity index (χ4v) is 2.31. The monoisotopic (exact) mass is 311 g/mol. The Morgan fingerprint density at radius 1 is 1.04 bits per heavy atom. The third-order valence-electron chi connectivity index (χ3n) is 3.62. The molecule has 2 rings (SSSR count). The van der Waals surface area contributed by atoms with E-state index in [2.05, 4.69) is 26.1 Å². The Morgan fingerprint density at radius 2 is 1.70 bits per heavy atom. The lowest BCUT2D eigenvalue weighted by Crippen LogP contribution is -2.28. The summed E-state index contributed by atoms with van der Waals surface area (Å²) >= 11 is 0. The molecule has 0 heterocycles. The average Bonchev–Trinajstić information content (AvgIpc) is 2.58. The molecule has 2 aromatic carbocycles. The van der Waals surface area contributed by atoms with Crippen molar-refractivity contribution in [3.05, 3.63) is 65.7 Å². The van der Waals surface area contributed by atoms with E-state index in [1.54, 1.807) is 0 Å². The zero-order chi connectivity index (χ0) is 16.7. The molecule has 2 aromatic rings. The topological polar surface area (TPSA) is 38.3 Å². The molecular weight excluding hydrogens is 286 g/mol. The van der Waals surface area contributed by atoms with Gasteiger partial charge in [-0.1, -0.05) is 51.1 Å². The van der Waals surface area contributed by atoms with Crippen LogP contribution in [0.15, 0.2) is 54.6 Å². The first-order chi connectivity index (χ1) is 11.1. The SMILES string of the molecule is CCC(NC(=O)c1ccc(OCC(C)C)cc1)c1ccccc1. The van der Waals surface area contributed by atoms with E-state index in [0.717, 1.165) is 17.7 Å². The molecule has 0 saturated carbocycles. The third kappa shape index (κ3) is 5.13. The summed E-state index contributed by atoms with van der Waals surface area (Å²) in [5, 5.41) is 3.09. The quantitative estimate of drug-likeness (QED) is 0.811. The third-order valence-corrected chi connectivity index (χ3v) is 3.62. The number of hydrogen-bond acceptors (Lipinski definition) is 2. The van der Waals surface area contributed by atoms with E-state index in [1.807, 2.05) is 54.6 Å². The van der Waals surface area contributed by atoms with Gasteiger partial charge in [-0.05, 0) is 42.2 Å². The van der Waals surface area contributed by atoms with Crippen molar-refractivity contribution in [2.24, 2.45) is 5.92 Å². The lowest BCUT2D eigenvalue weighted by Gasteiger charge is -2.17. The first-order valence-corrected chi connectivity index (χ1v) is 8.18. The Bertz CT molecular complexity index is 605. The highest BCUT2D eigenvalue weighted by Gasteiger charge is 2.13. The Labute approximate surface area is 138 Å². The molecule has 23 heavy (non-hydrogen) atoms. The molecule has 0 aliphatic rings. The highest BCUT2D eigenvalue weighted by molar-refractivity contribution is 5.94. The van der Waals surface area contributed by atoms with Gasteiger partial charge in [0, 0.05) is 5.56 Å². The van der Waals surface area contributed by atoms with Crippen LogP contribution in [0.2, 0.25) is 0 Å². The minimum Gasteiger partial charge on any atom is -0.493 e. The highest BCUT2D eigenvalue weighted by Crippen LogP contribution is 2.18. The molecule has 3 nitrogen and oxygen atoms in total. The molecule has 0 aromatic heterocycles. The van der Waals surface area contributed by atoms with Gasteiger partial charge in [0.05, 0.1) is 12.6 Å². The summed E-state index contributed by atoms with van der Waals surface area (Å²) in [6.07, 6.45) is 0.853. The molecule has 122 valence electrons. The van der Waals surface area contributed by atoms with E-state index in [4.69, 9.17) is 4.74 Å². The van der Waals surface area contributed by atoms with Gasteiger partial charge in [0.25, 0.3) is 5.91 Å². The zero-order valence-corrected chi connectivity index (χ0v) is 14.1. The maximum absolute atomic E-state index is 12.4. The minimum atomic E-state index is -0.0592. The van der Waals surface area contributed by atoms with Crippen LogP contribution < -0.4 is 10.1 Å². The van der Waals surface area contributed by atoms with Crippen molar-refractivity contribution in [1.29, 1.82) is 0 Å². The molecule has 1 unspecified atom stereocenters. The molecule has 0 aliphatic carbocycles. The smallest absolute Gasteiger partial charge is 0.251 e. The second-order valence-electron chi connectivity index (χ2n) is 6.07. The van der Waals surface area contributed by atoms with Crippen molar-refractivity contribution in [2.75, 3.05) is 6.61 Å². The van der Waals surface area contributed by atoms with E-state index < -0.39 is 0 Å². The van der Waals surface area contributed by atoms with Gasteiger partial charge < -0.3 is 10.1 Å². The summed E-state index contributed by atoms with van der Waals surface area (Å²) in [5.41, 5.74) is 1.77. The molecule has 0 saturated heterocycles. The number of hydrogen-bond donors (Lipinski definition) is 1. The lowest BCUT2D eigenvalue weighted by atomic mass is 10.0. The largest absolute Gasteiger partial charge is 0.493 e. The molecular formula is C20H25NO2. The molecule has 0 aliphatic heterocycles. The second-order valence-corrected chi connectivity index (χ2v) is 6.07. The predicted octanol–water partition coefficient (Wildman–Crippen LogP) is 4.60. The van der Waals surface area contributed by atoms with Crippen LogP contribution in [0, 0.1) is 5.92 Å². The number of rotatable bonds is 7. The van der Waals surface area contributed by atoms with Crippen LogP contribution in [0.25, 0.3) is 0 Å². The van der Waals surface area contributed by atoms with Gasteiger partial charge in [-0.15, -0.1) is 0 Å². The lowest BCUT2D eigenvalue weighted by molar-refractivity contribution is 0.0935. The van der Waals surface area contributed by atoms with Gasteiger partial charge in [0.1, 0.15) is 5.75 Å². The van der Waals surface area contributed by atoms with Crippen LogP contribution in [0.3, 0.4) is 0 Å². The fourth-order valence-electron chi connectivity index (χ4n) is 2.31. The van der Waals surface area contributed by atoms with Crippen LogP contribution in [-0.2, 0) is 0 Å². The summed E-state index contributed by atoms with van der Waals surface area (Å²) in [5.74, 6) is 1.22. The van der Waals surface area contributed by atoms with Gasteiger partial charge in [0.15, 0.2) is 0 Å². The average molecular weight is 311 g/mol. The molecule has 0 bridgehead atoms. The summed E-state index contributed by atoms with van der Waals surface area (Å²) in [6, 6.07) is 17.4. The number of nitrogens with one attached hydrogen (secondary N) is 1. The van der Waals surface area contributed by atoms with Crippen LogP contribution in [0.1, 0.15) is 49.2 Å². The van der Waals surface area contributed by atoms with Crippen molar-refractivity contribution in [3.63, 3.8) is 0 Å². The van der Waals surface area contributed by atoms with Crippen molar-refractivity contribution >= 4 is 5.91 Å². The van der Waals surface area contributed by atoms with Crippen molar-refractivity contribution < 1.29 is 9.53 Å². The van der Waals surface area contributed by atoms with Gasteiger partial charge in [-0.25, -0.2) is 0 Å². The van der Waals surface area contributed by atoms with Gasteiger partial charge in [-0.3, -0.25) is 4.79 Å². The van der Waals surface area contributed by atoms with Crippen molar-refractivity contribution in [3.8, 4) is 5.75 Å². The first-order valence-electron chi connectivity index (χ1n) is 8.18. The normalized spacial score (nSPS) is 12.0. The van der Waals surface area contributed by atoms with Gasteiger partial charge >= 0.3 is 0 Å². The van der Waals surface area contributed by atoms with E-state index in [-0.39, 0.29) is 11.9 Å². The van der Waals surface area contributed by atoms with E-state index in [0.29, 0.717) is 18.1 Å². The molecule has 1 atom stereocenters. The molecule has 0 fully saturated rings. The summed E-state index contributed by atoms with van der Waals surface area (Å²) in [4.78, 5) is 12.4. The maximum atomic E-state index is 12.4. The molecule has 3 heteroatoms. The van der Waals surface area contributed by atoms with E-state index >= 15 is 0 Å². The van der Waals surface area contributed by atoms with Crippen molar-refractivity contribution in [1.82, 2.24) is 5.32 Å². The summed E-state index contributed by atoms with van der Waals surface area (Å²) in [6.45, 7) is 6.96. The Morgan fingerprint density at radius 3 is 2.26 bits per heavy atom. The van der Waals surface area contributed by atoms with E-state index in [9.17, 15) is 4.79 Å². The number of benzene rings is 2. The number of carbonyl (C=O) groups is 1. The predicted molar refractivity (Wildman–Crippen MR) is 93.7 cm³/mol. The number of carbonyl (C=O) groups excluding carboxylic acids is 1. The van der Waals surface area contributed by atoms with Gasteiger partial charge in [-0.2, -0.15) is 0 Å². The maximum Gasteiger partial charge on any atom is 0.251 e. The van der Waals surface area contributed by atoms with Crippen LogP contribution in [0.4, 0.5) is 0 Å². The molecule has 1 N–H and O–H groups in total. The fraction of sp³-hybridized carbons (Fsp3) is 0.350. The summed E-state index contributed by atoms with van der Waals surface area (Å²) < 4.78 is 5.64. The molecule has 1 amide bonds. The molecule has 0 spiro atoms. The minimum absolute atomic E-state index is 0.0283. The number of ether oxygens (including phenoxy) is 1. The number of amides is 1. The van der Waals surface area contributed by atoms with E-state index in [1.165, 1.54) is 0 Å². The van der Waals surface area contributed by atoms with Gasteiger partial charge in [0.2, 0.25) is 0 Å². The van der Waals surface area contributed by atoms with Crippen LogP contribution in [-0.4, -0.2) is 12.5 Å². The Balaban J connectivity index is 1.99. The standard InChI is InChI=1S/C20H25NO2/c1-4-19(16-8-6-5-7-9-16)21-20(22)17-10-12-18(13-11-17)23-14-15(2)3/h5-13,15,19H,4,14H2,1-3H3,(H,21,22). The Kier molecular flexibility index (Phi) is 6.21. The second kappa shape index (κ2) is 8.37.